The summed E-state index contributed by atoms with van der Waals surface area (Å²) < 4.78 is 6.55. The molecule has 2 N–H and O–H groups in total. The summed E-state index contributed by atoms with van der Waals surface area (Å²) in [6.07, 6.45) is 0. The van der Waals surface area contributed by atoms with E-state index < -0.39 is 0 Å². The molecule has 5 heteroatoms. The highest BCUT2D eigenvalue weighted by atomic mass is 79.9. The van der Waals surface area contributed by atoms with E-state index >= 15 is 0 Å². The molecule has 3 aromatic carbocycles. The fourth-order valence-electron chi connectivity index (χ4n) is 2.38. The van der Waals surface area contributed by atoms with E-state index in [0.717, 1.165) is 27.1 Å². The Morgan fingerprint density at radius 1 is 0.923 bits per heavy atom. The molecule has 0 fully saturated rings. The fraction of sp³-hybridized carbons (Fsp3) is 0.0952. The minimum Gasteiger partial charge on any atom is -0.484 e. The molecule has 0 atom stereocenters. The van der Waals surface area contributed by atoms with Gasteiger partial charge in [-0.15, -0.1) is 0 Å². The first kappa shape index (κ1) is 18.0. The van der Waals surface area contributed by atoms with Crippen LogP contribution in [0.25, 0.3) is 0 Å². The van der Waals surface area contributed by atoms with Gasteiger partial charge in [0.05, 0.1) is 0 Å². The van der Waals surface area contributed by atoms with Crippen molar-refractivity contribution < 1.29 is 9.53 Å². The SMILES string of the molecule is Cc1cc(OCC(=O)Nc2ccc(Nc3ccccc3)cc2)ccc1Br. The molecule has 132 valence electrons. The summed E-state index contributed by atoms with van der Waals surface area (Å²) in [7, 11) is 0. The lowest BCUT2D eigenvalue weighted by Crippen LogP contribution is -2.20. The maximum Gasteiger partial charge on any atom is 0.262 e. The number of ether oxygens (including phenoxy) is 1. The highest BCUT2D eigenvalue weighted by Crippen LogP contribution is 2.22. The first-order chi connectivity index (χ1) is 12.6. The molecule has 0 bridgehead atoms. The van der Waals surface area contributed by atoms with Crippen LogP contribution in [0.15, 0.2) is 77.3 Å². The summed E-state index contributed by atoms with van der Waals surface area (Å²) in [5.74, 6) is 0.470. The largest absolute Gasteiger partial charge is 0.484 e. The lowest BCUT2D eigenvalue weighted by Gasteiger charge is -2.10. The second kappa shape index (κ2) is 8.54. The Hall–Kier alpha value is -2.79. The number of hydrogen-bond acceptors (Lipinski definition) is 3. The van der Waals surface area contributed by atoms with Gasteiger partial charge in [-0.3, -0.25) is 4.79 Å². The molecule has 4 nitrogen and oxygen atoms in total. The molecular weight excluding hydrogens is 392 g/mol. The zero-order valence-corrected chi connectivity index (χ0v) is 15.9. The van der Waals surface area contributed by atoms with Gasteiger partial charge >= 0.3 is 0 Å². The third-order valence-corrected chi connectivity index (χ3v) is 4.62. The van der Waals surface area contributed by atoms with Crippen molar-refractivity contribution in [3.63, 3.8) is 0 Å². The Morgan fingerprint density at radius 2 is 1.58 bits per heavy atom. The number of halogens is 1. The number of aryl methyl sites for hydroxylation is 1. The molecule has 0 aliphatic rings. The van der Waals surface area contributed by atoms with Crippen LogP contribution in [0.2, 0.25) is 0 Å². The molecule has 0 heterocycles. The zero-order valence-electron chi connectivity index (χ0n) is 14.3. The average Bonchev–Trinajstić information content (AvgIpc) is 2.65. The molecule has 0 saturated heterocycles. The van der Waals surface area contributed by atoms with E-state index in [9.17, 15) is 4.79 Å². The summed E-state index contributed by atoms with van der Waals surface area (Å²) in [6, 6.07) is 23.1. The summed E-state index contributed by atoms with van der Waals surface area (Å²) in [5, 5.41) is 6.13. The van der Waals surface area contributed by atoms with Gasteiger partial charge < -0.3 is 15.4 Å². The van der Waals surface area contributed by atoms with E-state index in [-0.39, 0.29) is 12.5 Å². The lowest BCUT2D eigenvalue weighted by atomic mass is 10.2. The summed E-state index contributed by atoms with van der Waals surface area (Å²) in [6.45, 7) is 1.94. The van der Waals surface area contributed by atoms with Crippen molar-refractivity contribution in [1.29, 1.82) is 0 Å². The molecule has 0 aromatic heterocycles. The van der Waals surface area contributed by atoms with E-state index in [1.54, 1.807) is 0 Å². The standard InChI is InChI=1S/C21H19BrN2O2/c1-15-13-19(11-12-20(15)22)26-14-21(25)24-18-9-7-17(8-10-18)23-16-5-3-2-4-6-16/h2-13,23H,14H2,1H3,(H,24,25). The van der Waals surface area contributed by atoms with Crippen LogP contribution in [0, 0.1) is 6.92 Å². The third kappa shape index (κ3) is 5.10. The Labute approximate surface area is 161 Å². The topological polar surface area (TPSA) is 50.4 Å². The number of carbonyl (C=O) groups excluding carboxylic acids is 1. The number of benzene rings is 3. The number of para-hydroxylation sites is 1. The van der Waals surface area contributed by atoms with Gasteiger partial charge in [0.25, 0.3) is 5.91 Å². The summed E-state index contributed by atoms with van der Waals surface area (Å²) in [5.41, 5.74) is 3.76. The van der Waals surface area contributed by atoms with Crippen molar-refractivity contribution in [3.8, 4) is 5.75 Å². The van der Waals surface area contributed by atoms with Gasteiger partial charge in [0.15, 0.2) is 6.61 Å². The van der Waals surface area contributed by atoms with Gasteiger partial charge in [-0.1, -0.05) is 34.1 Å². The van der Waals surface area contributed by atoms with Gasteiger partial charge in [0, 0.05) is 21.5 Å². The van der Waals surface area contributed by atoms with Crippen LogP contribution in [0.1, 0.15) is 5.56 Å². The molecule has 0 unspecified atom stereocenters. The van der Waals surface area contributed by atoms with E-state index in [1.165, 1.54) is 0 Å². The Bertz CT molecular complexity index is 880. The zero-order chi connectivity index (χ0) is 18.4. The normalized spacial score (nSPS) is 10.2. The van der Waals surface area contributed by atoms with Crippen LogP contribution in [0.4, 0.5) is 17.1 Å². The second-order valence-corrected chi connectivity index (χ2v) is 6.67. The minimum absolute atomic E-state index is 0.0366. The van der Waals surface area contributed by atoms with Crippen molar-refractivity contribution in [3.05, 3.63) is 82.8 Å². The van der Waals surface area contributed by atoms with Gasteiger partial charge in [0.1, 0.15) is 5.75 Å². The van der Waals surface area contributed by atoms with Crippen LogP contribution in [0.5, 0.6) is 5.75 Å². The maximum absolute atomic E-state index is 12.1. The van der Waals surface area contributed by atoms with Crippen LogP contribution in [-0.2, 0) is 4.79 Å². The monoisotopic (exact) mass is 410 g/mol. The lowest BCUT2D eigenvalue weighted by molar-refractivity contribution is -0.118. The molecule has 26 heavy (non-hydrogen) atoms. The highest BCUT2D eigenvalue weighted by molar-refractivity contribution is 9.10. The molecule has 0 radical (unpaired) electrons. The number of amides is 1. The second-order valence-electron chi connectivity index (χ2n) is 5.82. The van der Waals surface area contributed by atoms with Crippen molar-refractivity contribution >= 4 is 38.9 Å². The van der Waals surface area contributed by atoms with E-state index in [2.05, 4.69) is 26.6 Å². The quantitative estimate of drug-likeness (QED) is 0.562. The Balaban J connectivity index is 1.51. The molecule has 1 amide bonds. The van der Waals surface area contributed by atoms with Gasteiger partial charge in [-0.2, -0.15) is 0 Å². The van der Waals surface area contributed by atoms with E-state index in [4.69, 9.17) is 4.74 Å². The Kier molecular flexibility index (Phi) is 5.92. The van der Waals surface area contributed by atoms with Crippen LogP contribution < -0.4 is 15.4 Å². The van der Waals surface area contributed by atoms with Crippen molar-refractivity contribution in [2.45, 2.75) is 6.92 Å². The predicted octanol–water partition coefficient (Wildman–Crippen LogP) is 5.52. The molecule has 3 rings (SSSR count). The number of anilines is 3. The molecular formula is C21H19BrN2O2. The van der Waals surface area contributed by atoms with E-state index in [1.807, 2.05) is 79.7 Å². The van der Waals surface area contributed by atoms with Crippen molar-refractivity contribution in [2.24, 2.45) is 0 Å². The molecule has 3 aromatic rings. The maximum atomic E-state index is 12.1. The smallest absolute Gasteiger partial charge is 0.262 e. The Morgan fingerprint density at radius 3 is 2.27 bits per heavy atom. The van der Waals surface area contributed by atoms with Gasteiger partial charge in [0.2, 0.25) is 0 Å². The molecule has 0 aliphatic carbocycles. The van der Waals surface area contributed by atoms with Crippen molar-refractivity contribution in [1.82, 2.24) is 0 Å². The van der Waals surface area contributed by atoms with Gasteiger partial charge in [-0.05, 0) is 67.1 Å². The van der Waals surface area contributed by atoms with E-state index in [0.29, 0.717) is 5.75 Å². The summed E-state index contributed by atoms with van der Waals surface area (Å²) in [4.78, 5) is 12.1. The molecule has 0 aliphatic heterocycles. The van der Waals surface area contributed by atoms with Crippen LogP contribution in [0.3, 0.4) is 0 Å². The predicted molar refractivity (Wildman–Crippen MR) is 109 cm³/mol. The average molecular weight is 411 g/mol. The number of carbonyl (C=O) groups is 1. The fourth-order valence-corrected chi connectivity index (χ4v) is 2.62. The third-order valence-electron chi connectivity index (χ3n) is 3.73. The van der Waals surface area contributed by atoms with Gasteiger partial charge in [-0.25, -0.2) is 0 Å². The minimum atomic E-state index is -0.200. The highest BCUT2D eigenvalue weighted by Gasteiger charge is 2.05. The number of rotatable bonds is 6. The number of nitrogens with one attached hydrogen (secondary N) is 2. The first-order valence-corrected chi connectivity index (χ1v) is 9.00. The molecule has 0 spiro atoms. The van der Waals surface area contributed by atoms with Crippen LogP contribution >= 0.6 is 15.9 Å². The first-order valence-electron chi connectivity index (χ1n) is 8.21. The van der Waals surface area contributed by atoms with Crippen LogP contribution in [-0.4, -0.2) is 12.5 Å². The number of hydrogen-bond donors (Lipinski definition) is 2. The summed E-state index contributed by atoms with van der Waals surface area (Å²) >= 11 is 3.44. The van der Waals surface area contributed by atoms with Crippen molar-refractivity contribution in [2.75, 3.05) is 17.2 Å². The molecule has 0 saturated carbocycles.